The molecule has 172 valence electrons. The molecular weight excluding hydrogens is 432 g/mol. The van der Waals surface area contributed by atoms with Gasteiger partial charge in [-0.25, -0.2) is 9.78 Å². The van der Waals surface area contributed by atoms with Crippen LogP contribution < -0.4 is 9.64 Å². The number of benzene rings is 3. The van der Waals surface area contributed by atoms with Gasteiger partial charge in [-0.15, -0.1) is 0 Å². The molecule has 0 aliphatic heterocycles. The third-order valence-electron chi connectivity index (χ3n) is 5.14. The van der Waals surface area contributed by atoms with Crippen molar-refractivity contribution >= 4 is 17.6 Å². The average Bonchev–Trinajstić information content (AvgIpc) is 3.31. The number of hydrogen-bond donors (Lipinski definition) is 0. The molecule has 1 aromatic heterocycles. The normalized spacial score (nSPS) is 10.5. The standard InChI is InChI=1S/C27H24N2O5/c1-19(30)29(22-14-9-15-23(16-22)33-18-25(31)32-2)17-24-28-26(20-10-5-3-6-11-20)27(34-24)21-12-7-4-8-13-21/h3-16H,17-18H2,1-2H3. The first-order valence-electron chi connectivity index (χ1n) is 10.7. The molecule has 0 aliphatic carbocycles. The number of methoxy groups -OCH3 is 1. The molecule has 7 heteroatoms. The van der Waals surface area contributed by atoms with Crippen LogP contribution in [0.15, 0.2) is 89.3 Å². The van der Waals surface area contributed by atoms with Gasteiger partial charge in [0.05, 0.1) is 7.11 Å². The van der Waals surface area contributed by atoms with Gasteiger partial charge < -0.3 is 18.8 Å². The van der Waals surface area contributed by atoms with Crippen molar-refractivity contribution in [3.8, 4) is 28.3 Å². The number of oxazole rings is 1. The quantitative estimate of drug-likeness (QED) is 0.343. The van der Waals surface area contributed by atoms with Gasteiger partial charge in [0.15, 0.2) is 12.4 Å². The van der Waals surface area contributed by atoms with Gasteiger partial charge in [-0.3, -0.25) is 4.79 Å². The summed E-state index contributed by atoms with van der Waals surface area (Å²) in [5.74, 6) is 0.798. The molecule has 0 fully saturated rings. The number of carbonyl (C=O) groups excluding carboxylic acids is 2. The minimum Gasteiger partial charge on any atom is -0.482 e. The monoisotopic (exact) mass is 456 g/mol. The van der Waals surface area contributed by atoms with Gasteiger partial charge in [-0.2, -0.15) is 0 Å². The Morgan fingerprint density at radius 3 is 2.24 bits per heavy atom. The lowest BCUT2D eigenvalue weighted by atomic mass is 10.1. The van der Waals surface area contributed by atoms with E-state index < -0.39 is 5.97 Å². The molecule has 0 saturated heterocycles. The fraction of sp³-hybridized carbons (Fsp3) is 0.148. The van der Waals surface area contributed by atoms with Crippen molar-refractivity contribution in [1.82, 2.24) is 4.98 Å². The first kappa shape index (κ1) is 22.8. The van der Waals surface area contributed by atoms with Gasteiger partial charge in [0, 0.05) is 29.8 Å². The van der Waals surface area contributed by atoms with Gasteiger partial charge in [-0.05, 0) is 12.1 Å². The summed E-state index contributed by atoms with van der Waals surface area (Å²) in [6.45, 7) is 1.38. The van der Waals surface area contributed by atoms with E-state index in [4.69, 9.17) is 14.1 Å². The molecule has 1 heterocycles. The van der Waals surface area contributed by atoms with Crippen molar-refractivity contribution in [2.45, 2.75) is 13.5 Å². The van der Waals surface area contributed by atoms with Crippen LogP contribution in [-0.4, -0.2) is 30.6 Å². The summed E-state index contributed by atoms with van der Waals surface area (Å²) in [5, 5.41) is 0. The average molecular weight is 456 g/mol. The second-order valence-corrected chi connectivity index (χ2v) is 7.48. The smallest absolute Gasteiger partial charge is 0.343 e. The summed E-state index contributed by atoms with van der Waals surface area (Å²) in [4.78, 5) is 30.2. The molecule has 0 aliphatic rings. The molecule has 7 nitrogen and oxygen atoms in total. The topological polar surface area (TPSA) is 81.9 Å². The number of nitrogens with zero attached hydrogens (tertiary/aromatic N) is 2. The molecule has 0 unspecified atom stereocenters. The number of hydrogen-bond acceptors (Lipinski definition) is 6. The van der Waals surface area contributed by atoms with Crippen LogP contribution in [0.5, 0.6) is 5.75 Å². The molecule has 4 aromatic rings. The minimum absolute atomic E-state index is 0.127. The van der Waals surface area contributed by atoms with Crippen LogP contribution in [0.3, 0.4) is 0 Å². The molecule has 0 spiro atoms. The number of rotatable bonds is 8. The SMILES string of the molecule is COC(=O)COc1cccc(N(Cc2nc(-c3ccccc3)c(-c3ccccc3)o2)C(C)=O)c1. The zero-order chi connectivity index (χ0) is 23.9. The number of amides is 1. The first-order chi connectivity index (χ1) is 16.5. The Morgan fingerprint density at radius 1 is 0.912 bits per heavy atom. The van der Waals surface area contributed by atoms with Crippen LogP contribution in [0.1, 0.15) is 12.8 Å². The second-order valence-electron chi connectivity index (χ2n) is 7.48. The van der Waals surface area contributed by atoms with E-state index in [2.05, 4.69) is 4.74 Å². The van der Waals surface area contributed by atoms with Crippen LogP contribution in [0.2, 0.25) is 0 Å². The zero-order valence-corrected chi connectivity index (χ0v) is 18.9. The molecule has 34 heavy (non-hydrogen) atoms. The van der Waals surface area contributed by atoms with E-state index >= 15 is 0 Å². The van der Waals surface area contributed by atoms with Gasteiger partial charge >= 0.3 is 5.97 Å². The van der Waals surface area contributed by atoms with Crippen molar-refractivity contribution in [3.63, 3.8) is 0 Å². The van der Waals surface area contributed by atoms with Crippen molar-refractivity contribution in [2.75, 3.05) is 18.6 Å². The Hall–Kier alpha value is -4.39. The number of anilines is 1. The van der Waals surface area contributed by atoms with E-state index in [0.29, 0.717) is 28.8 Å². The van der Waals surface area contributed by atoms with E-state index in [1.165, 1.54) is 14.0 Å². The Morgan fingerprint density at radius 2 is 1.59 bits per heavy atom. The maximum atomic E-state index is 12.5. The van der Waals surface area contributed by atoms with Crippen LogP contribution in [0, 0.1) is 0 Å². The van der Waals surface area contributed by atoms with Crippen molar-refractivity contribution in [3.05, 3.63) is 90.8 Å². The lowest BCUT2D eigenvalue weighted by molar-refractivity contribution is -0.142. The predicted molar refractivity (Wildman–Crippen MR) is 128 cm³/mol. The van der Waals surface area contributed by atoms with Crippen molar-refractivity contribution < 1.29 is 23.5 Å². The summed E-state index contributed by atoms with van der Waals surface area (Å²) in [5.41, 5.74) is 3.12. The molecule has 0 bridgehead atoms. The molecular formula is C27H24N2O5. The van der Waals surface area contributed by atoms with E-state index in [9.17, 15) is 9.59 Å². The first-order valence-corrected chi connectivity index (χ1v) is 10.7. The second kappa shape index (κ2) is 10.5. The fourth-order valence-corrected chi connectivity index (χ4v) is 3.47. The zero-order valence-electron chi connectivity index (χ0n) is 18.9. The number of aromatic nitrogens is 1. The molecule has 0 saturated carbocycles. The molecule has 4 rings (SSSR count). The number of carbonyl (C=O) groups is 2. The van der Waals surface area contributed by atoms with Crippen LogP contribution >= 0.6 is 0 Å². The number of esters is 1. The van der Waals surface area contributed by atoms with E-state index in [-0.39, 0.29) is 19.1 Å². The van der Waals surface area contributed by atoms with Gasteiger partial charge in [0.25, 0.3) is 0 Å². The van der Waals surface area contributed by atoms with Crippen molar-refractivity contribution in [2.24, 2.45) is 0 Å². The molecule has 1 amide bonds. The molecule has 0 radical (unpaired) electrons. The Bertz CT molecular complexity index is 1210. The number of ether oxygens (including phenoxy) is 2. The summed E-state index contributed by atoms with van der Waals surface area (Å²) in [7, 11) is 1.30. The summed E-state index contributed by atoms with van der Waals surface area (Å²) in [6, 6.07) is 26.4. The van der Waals surface area contributed by atoms with E-state index in [1.54, 1.807) is 29.2 Å². The van der Waals surface area contributed by atoms with Crippen LogP contribution in [-0.2, 0) is 20.9 Å². The summed E-state index contributed by atoms with van der Waals surface area (Å²) < 4.78 is 16.3. The fourth-order valence-electron chi connectivity index (χ4n) is 3.47. The van der Waals surface area contributed by atoms with Gasteiger partial charge in [-0.1, -0.05) is 66.7 Å². The Labute approximate surface area is 197 Å². The molecule has 0 atom stereocenters. The third kappa shape index (κ3) is 5.32. The van der Waals surface area contributed by atoms with Crippen molar-refractivity contribution in [1.29, 1.82) is 0 Å². The highest BCUT2D eigenvalue weighted by Gasteiger charge is 2.21. The molecule has 3 aromatic carbocycles. The minimum atomic E-state index is -0.490. The van der Waals surface area contributed by atoms with E-state index in [1.807, 2.05) is 60.7 Å². The maximum absolute atomic E-state index is 12.5. The highest BCUT2D eigenvalue weighted by Crippen LogP contribution is 2.33. The largest absolute Gasteiger partial charge is 0.482 e. The predicted octanol–water partition coefficient (Wildman–Crippen LogP) is 5.11. The Kier molecular flexibility index (Phi) is 7.03. The Balaban J connectivity index is 1.66. The molecule has 0 N–H and O–H groups in total. The lowest BCUT2D eigenvalue weighted by Crippen LogP contribution is -2.28. The van der Waals surface area contributed by atoms with Crippen LogP contribution in [0.25, 0.3) is 22.6 Å². The van der Waals surface area contributed by atoms with Crippen LogP contribution in [0.4, 0.5) is 5.69 Å². The van der Waals surface area contributed by atoms with E-state index in [0.717, 1.165) is 11.1 Å². The highest BCUT2D eigenvalue weighted by molar-refractivity contribution is 5.91. The lowest BCUT2D eigenvalue weighted by Gasteiger charge is -2.20. The highest BCUT2D eigenvalue weighted by atomic mass is 16.6. The summed E-state index contributed by atoms with van der Waals surface area (Å²) in [6.07, 6.45) is 0. The van der Waals surface area contributed by atoms with Gasteiger partial charge in [0.1, 0.15) is 18.0 Å². The maximum Gasteiger partial charge on any atom is 0.343 e. The van der Waals surface area contributed by atoms with Gasteiger partial charge in [0.2, 0.25) is 11.8 Å². The third-order valence-corrected chi connectivity index (χ3v) is 5.14. The summed E-state index contributed by atoms with van der Waals surface area (Å²) >= 11 is 0.